The number of rotatable bonds is 5. The Hall–Kier alpha value is -1.62. The molecule has 0 aliphatic rings. The number of hydrogen-bond donors (Lipinski definition) is 1. The fourth-order valence-electron chi connectivity index (χ4n) is 1.64. The second-order valence-corrected chi connectivity index (χ2v) is 4.10. The number of esters is 1. The zero-order valence-corrected chi connectivity index (χ0v) is 10.4. The number of nitrogens with two attached hydrogens (primary N) is 1. The number of carbonyl (C=O) groups excluding carboxylic acids is 1. The first-order valence-corrected chi connectivity index (χ1v) is 5.33. The molecular weight excluding hydrogens is 220 g/mol. The maximum absolute atomic E-state index is 11.7. The lowest BCUT2D eigenvalue weighted by Crippen LogP contribution is -2.38. The molecule has 0 radical (unpaired) electrons. The summed E-state index contributed by atoms with van der Waals surface area (Å²) < 4.78 is 9.92. The Morgan fingerprint density at radius 3 is 2.76 bits per heavy atom. The van der Waals surface area contributed by atoms with Crippen LogP contribution in [0.4, 0.5) is 0 Å². The van der Waals surface area contributed by atoms with E-state index in [2.05, 4.69) is 4.98 Å². The maximum Gasteiger partial charge on any atom is 0.313 e. The Morgan fingerprint density at radius 2 is 2.24 bits per heavy atom. The number of carbonyl (C=O) groups is 1. The van der Waals surface area contributed by atoms with Crippen molar-refractivity contribution in [1.82, 2.24) is 4.98 Å². The number of hydrogen-bond acceptors (Lipinski definition) is 5. The number of nitrogens with zero attached hydrogens (tertiary/aromatic N) is 1. The molecule has 1 heterocycles. The number of methoxy groups -OCH3 is 2. The molecule has 5 heteroatoms. The van der Waals surface area contributed by atoms with Crippen molar-refractivity contribution in [3.05, 3.63) is 23.9 Å². The van der Waals surface area contributed by atoms with E-state index in [1.54, 1.807) is 26.3 Å². The minimum atomic E-state index is -0.759. The number of ether oxygens (including phenoxy) is 2. The highest BCUT2D eigenvalue weighted by Gasteiger charge is 2.34. The highest BCUT2D eigenvalue weighted by atomic mass is 16.5. The summed E-state index contributed by atoms with van der Waals surface area (Å²) in [7, 11) is 2.90. The van der Waals surface area contributed by atoms with E-state index in [9.17, 15) is 4.79 Å². The van der Waals surface area contributed by atoms with Crippen LogP contribution in [0.5, 0.6) is 5.88 Å². The summed E-state index contributed by atoms with van der Waals surface area (Å²) in [5.41, 5.74) is 5.74. The third-order valence-electron chi connectivity index (χ3n) is 2.75. The minimum absolute atomic E-state index is 0.206. The van der Waals surface area contributed by atoms with Crippen molar-refractivity contribution in [1.29, 1.82) is 0 Å². The fourth-order valence-corrected chi connectivity index (χ4v) is 1.64. The topological polar surface area (TPSA) is 74.4 Å². The van der Waals surface area contributed by atoms with Crippen LogP contribution in [0.1, 0.15) is 12.5 Å². The quantitative estimate of drug-likeness (QED) is 0.767. The van der Waals surface area contributed by atoms with Gasteiger partial charge in [0.25, 0.3) is 0 Å². The standard InChI is InChI=1S/C12H18N2O3/c1-12(8-13,11(15)17-3)7-9-5-4-6-14-10(9)16-2/h4-6H,7-8,13H2,1-3H3. The second-order valence-electron chi connectivity index (χ2n) is 4.10. The zero-order chi connectivity index (χ0) is 12.9. The lowest BCUT2D eigenvalue weighted by atomic mass is 9.84. The minimum Gasteiger partial charge on any atom is -0.481 e. The second kappa shape index (κ2) is 5.63. The Kier molecular flexibility index (Phi) is 4.45. The Balaban J connectivity index is 2.98. The van der Waals surface area contributed by atoms with Crippen LogP contribution in [0, 0.1) is 5.41 Å². The Labute approximate surface area is 101 Å². The van der Waals surface area contributed by atoms with Gasteiger partial charge in [0.1, 0.15) is 0 Å². The molecule has 1 aromatic heterocycles. The average molecular weight is 238 g/mol. The van der Waals surface area contributed by atoms with Crippen LogP contribution in [0.3, 0.4) is 0 Å². The van der Waals surface area contributed by atoms with E-state index in [0.29, 0.717) is 12.3 Å². The highest BCUT2D eigenvalue weighted by Crippen LogP contribution is 2.27. The molecule has 1 rings (SSSR count). The zero-order valence-electron chi connectivity index (χ0n) is 10.4. The van der Waals surface area contributed by atoms with E-state index in [4.69, 9.17) is 15.2 Å². The molecule has 0 aliphatic carbocycles. The van der Waals surface area contributed by atoms with Gasteiger partial charge in [0.2, 0.25) is 5.88 Å². The van der Waals surface area contributed by atoms with Crippen LogP contribution in [-0.2, 0) is 16.0 Å². The van der Waals surface area contributed by atoms with Gasteiger partial charge in [-0.2, -0.15) is 0 Å². The van der Waals surface area contributed by atoms with Crippen molar-refractivity contribution in [3.63, 3.8) is 0 Å². The smallest absolute Gasteiger partial charge is 0.313 e. The maximum atomic E-state index is 11.7. The molecule has 0 saturated heterocycles. The van der Waals surface area contributed by atoms with Gasteiger partial charge in [-0.3, -0.25) is 4.79 Å². The summed E-state index contributed by atoms with van der Waals surface area (Å²) in [6.07, 6.45) is 2.08. The van der Waals surface area contributed by atoms with E-state index in [0.717, 1.165) is 5.56 Å². The summed E-state index contributed by atoms with van der Waals surface area (Å²) in [5.74, 6) is 0.182. The fraction of sp³-hybridized carbons (Fsp3) is 0.500. The molecule has 5 nitrogen and oxygen atoms in total. The summed E-state index contributed by atoms with van der Waals surface area (Å²) in [6.45, 7) is 1.98. The molecule has 0 saturated carbocycles. The Bertz CT molecular complexity index is 395. The largest absolute Gasteiger partial charge is 0.481 e. The molecule has 0 aromatic carbocycles. The molecule has 17 heavy (non-hydrogen) atoms. The third-order valence-corrected chi connectivity index (χ3v) is 2.75. The summed E-state index contributed by atoms with van der Waals surface area (Å²) in [5, 5.41) is 0. The van der Waals surface area contributed by atoms with Crippen LogP contribution < -0.4 is 10.5 Å². The number of aromatic nitrogens is 1. The van der Waals surface area contributed by atoms with Crippen molar-refractivity contribution in [2.45, 2.75) is 13.3 Å². The van der Waals surface area contributed by atoms with E-state index in [1.165, 1.54) is 7.11 Å². The molecule has 0 bridgehead atoms. The van der Waals surface area contributed by atoms with E-state index in [1.807, 2.05) is 6.07 Å². The van der Waals surface area contributed by atoms with Crippen LogP contribution in [0.15, 0.2) is 18.3 Å². The highest BCUT2D eigenvalue weighted by molar-refractivity contribution is 5.77. The Morgan fingerprint density at radius 1 is 1.53 bits per heavy atom. The van der Waals surface area contributed by atoms with Gasteiger partial charge in [0.05, 0.1) is 19.6 Å². The first-order valence-electron chi connectivity index (χ1n) is 5.33. The normalized spacial score (nSPS) is 13.9. The SMILES string of the molecule is COC(=O)C(C)(CN)Cc1cccnc1OC. The first-order chi connectivity index (χ1) is 8.07. The van der Waals surface area contributed by atoms with Crippen molar-refractivity contribution in [2.24, 2.45) is 11.1 Å². The van der Waals surface area contributed by atoms with Gasteiger partial charge in [-0.25, -0.2) is 4.98 Å². The summed E-state index contributed by atoms with van der Waals surface area (Å²) in [4.78, 5) is 15.8. The van der Waals surface area contributed by atoms with Gasteiger partial charge in [0.15, 0.2) is 0 Å². The molecule has 1 unspecified atom stereocenters. The van der Waals surface area contributed by atoms with Crippen molar-refractivity contribution >= 4 is 5.97 Å². The molecule has 0 fully saturated rings. The molecule has 1 atom stereocenters. The molecule has 0 amide bonds. The summed E-state index contributed by atoms with van der Waals surface area (Å²) >= 11 is 0. The predicted octanol–water partition coefficient (Wildman–Crippen LogP) is 0.771. The molecule has 94 valence electrons. The van der Waals surface area contributed by atoms with Crippen LogP contribution in [0.25, 0.3) is 0 Å². The third kappa shape index (κ3) is 2.94. The van der Waals surface area contributed by atoms with Crippen molar-refractivity contribution < 1.29 is 14.3 Å². The lowest BCUT2D eigenvalue weighted by molar-refractivity contribution is -0.151. The van der Waals surface area contributed by atoms with Crippen molar-refractivity contribution in [3.8, 4) is 5.88 Å². The predicted molar refractivity (Wildman–Crippen MR) is 63.7 cm³/mol. The van der Waals surface area contributed by atoms with Crippen LogP contribution in [-0.4, -0.2) is 31.7 Å². The van der Waals surface area contributed by atoms with Crippen LogP contribution in [0.2, 0.25) is 0 Å². The number of pyridine rings is 1. The lowest BCUT2D eigenvalue weighted by Gasteiger charge is -2.25. The van der Waals surface area contributed by atoms with E-state index >= 15 is 0 Å². The van der Waals surface area contributed by atoms with E-state index < -0.39 is 5.41 Å². The van der Waals surface area contributed by atoms with Gasteiger partial charge in [-0.05, 0) is 19.4 Å². The average Bonchev–Trinajstić information content (AvgIpc) is 2.38. The van der Waals surface area contributed by atoms with Gasteiger partial charge in [-0.15, -0.1) is 0 Å². The van der Waals surface area contributed by atoms with Gasteiger partial charge in [0, 0.05) is 18.3 Å². The van der Waals surface area contributed by atoms with Gasteiger partial charge >= 0.3 is 5.97 Å². The molecule has 0 aliphatic heterocycles. The first kappa shape index (κ1) is 13.4. The summed E-state index contributed by atoms with van der Waals surface area (Å²) in [6, 6.07) is 3.66. The molecule has 1 aromatic rings. The van der Waals surface area contributed by atoms with Crippen LogP contribution >= 0.6 is 0 Å². The molecule has 2 N–H and O–H groups in total. The molecule has 0 spiro atoms. The monoisotopic (exact) mass is 238 g/mol. The van der Waals surface area contributed by atoms with Gasteiger partial charge < -0.3 is 15.2 Å². The molecular formula is C12H18N2O3. The van der Waals surface area contributed by atoms with Crippen molar-refractivity contribution in [2.75, 3.05) is 20.8 Å². The van der Waals surface area contributed by atoms with E-state index in [-0.39, 0.29) is 12.5 Å². The van der Waals surface area contributed by atoms with Gasteiger partial charge in [-0.1, -0.05) is 6.07 Å².